The number of aromatic hydroxyl groups is 1. The normalized spacial score (nSPS) is 10.6. The van der Waals surface area contributed by atoms with E-state index < -0.39 is 11.8 Å². The van der Waals surface area contributed by atoms with Crippen LogP contribution in [-0.4, -0.2) is 26.3 Å². The van der Waals surface area contributed by atoms with Crippen molar-refractivity contribution < 1.29 is 23.9 Å². The number of carboxylic acid groups (broad SMARTS) is 1. The Balaban J connectivity index is 2.06. The second-order valence-electron chi connectivity index (χ2n) is 4.44. The average molecular weight is 300 g/mol. The van der Waals surface area contributed by atoms with Crippen LogP contribution in [0.5, 0.6) is 5.75 Å². The van der Waals surface area contributed by atoms with Crippen molar-refractivity contribution in [1.29, 1.82) is 0 Å². The Morgan fingerprint density at radius 3 is 2.64 bits per heavy atom. The van der Waals surface area contributed by atoms with Gasteiger partial charge in [-0.2, -0.15) is 4.98 Å². The molecule has 1 heterocycles. The number of halogens is 1. The average Bonchev–Trinajstić information content (AvgIpc) is 2.97. The van der Waals surface area contributed by atoms with Crippen LogP contribution < -0.4 is 0 Å². The van der Waals surface area contributed by atoms with Crippen molar-refractivity contribution in [3.05, 3.63) is 53.8 Å². The van der Waals surface area contributed by atoms with Crippen LogP contribution in [0.2, 0.25) is 0 Å². The summed E-state index contributed by atoms with van der Waals surface area (Å²) >= 11 is 0. The lowest BCUT2D eigenvalue weighted by Gasteiger charge is -2.01. The summed E-state index contributed by atoms with van der Waals surface area (Å²) in [5, 5.41) is 22.4. The van der Waals surface area contributed by atoms with Gasteiger partial charge in [0.1, 0.15) is 11.6 Å². The molecular weight excluding hydrogens is 291 g/mol. The molecule has 0 aliphatic heterocycles. The summed E-state index contributed by atoms with van der Waals surface area (Å²) in [6, 6.07) is 9.55. The van der Waals surface area contributed by atoms with E-state index in [-0.39, 0.29) is 34.2 Å². The maximum absolute atomic E-state index is 13.7. The third-order valence-corrected chi connectivity index (χ3v) is 3.01. The van der Waals surface area contributed by atoms with Gasteiger partial charge < -0.3 is 14.7 Å². The van der Waals surface area contributed by atoms with E-state index in [1.54, 1.807) is 6.07 Å². The van der Waals surface area contributed by atoms with Crippen molar-refractivity contribution in [2.24, 2.45) is 0 Å². The maximum atomic E-state index is 13.7. The molecule has 3 rings (SSSR count). The monoisotopic (exact) mass is 300 g/mol. The molecule has 2 aromatic carbocycles. The van der Waals surface area contributed by atoms with Crippen LogP contribution in [0, 0.1) is 5.82 Å². The van der Waals surface area contributed by atoms with E-state index in [0.29, 0.717) is 0 Å². The molecule has 22 heavy (non-hydrogen) atoms. The van der Waals surface area contributed by atoms with Crippen LogP contribution in [0.3, 0.4) is 0 Å². The molecule has 0 amide bonds. The summed E-state index contributed by atoms with van der Waals surface area (Å²) in [6.45, 7) is 0. The van der Waals surface area contributed by atoms with Gasteiger partial charge in [-0.3, -0.25) is 0 Å². The van der Waals surface area contributed by atoms with Gasteiger partial charge in [-0.25, -0.2) is 9.18 Å². The van der Waals surface area contributed by atoms with Crippen LogP contribution in [0.1, 0.15) is 10.4 Å². The van der Waals surface area contributed by atoms with Gasteiger partial charge in [0, 0.05) is 0 Å². The molecule has 0 atom stereocenters. The van der Waals surface area contributed by atoms with Gasteiger partial charge in [0.15, 0.2) is 0 Å². The number of aromatic carboxylic acids is 1. The minimum Gasteiger partial charge on any atom is -0.507 e. The van der Waals surface area contributed by atoms with Gasteiger partial charge in [-0.15, -0.1) is 0 Å². The minimum absolute atomic E-state index is 0.0288. The highest BCUT2D eigenvalue weighted by atomic mass is 19.1. The minimum atomic E-state index is -1.15. The number of carbonyl (C=O) groups is 1. The molecule has 0 radical (unpaired) electrons. The molecule has 0 unspecified atom stereocenters. The Labute approximate surface area is 123 Å². The Hall–Kier alpha value is -3.22. The van der Waals surface area contributed by atoms with Crippen LogP contribution >= 0.6 is 0 Å². The molecule has 0 spiro atoms. The number of rotatable bonds is 3. The fourth-order valence-corrected chi connectivity index (χ4v) is 1.93. The number of phenols is 1. The van der Waals surface area contributed by atoms with E-state index in [1.807, 2.05) is 0 Å². The zero-order valence-electron chi connectivity index (χ0n) is 11.0. The molecule has 1 aromatic heterocycles. The Bertz CT molecular complexity index is 860. The Morgan fingerprint density at radius 1 is 1.14 bits per heavy atom. The summed E-state index contributed by atoms with van der Waals surface area (Å²) in [6.07, 6.45) is 0. The van der Waals surface area contributed by atoms with E-state index in [0.717, 1.165) is 0 Å². The van der Waals surface area contributed by atoms with Gasteiger partial charge >= 0.3 is 5.97 Å². The largest absolute Gasteiger partial charge is 0.507 e. The third kappa shape index (κ3) is 2.39. The van der Waals surface area contributed by atoms with E-state index in [4.69, 9.17) is 9.63 Å². The smallest absolute Gasteiger partial charge is 0.335 e. The van der Waals surface area contributed by atoms with Crippen molar-refractivity contribution in [3.63, 3.8) is 0 Å². The van der Waals surface area contributed by atoms with Crippen molar-refractivity contribution in [2.75, 3.05) is 0 Å². The SMILES string of the molecule is O=C(O)c1ccc(O)c(-c2noc(-c3ccccc3F)n2)c1. The molecule has 110 valence electrons. The number of nitrogens with zero attached hydrogens (tertiary/aromatic N) is 2. The molecule has 0 bridgehead atoms. The predicted molar refractivity (Wildman–Crippen MR) is 73.8 cm³/mol. The molecule has 3 aromatic rings. The number of phenolic OH excluding ortho intramolecular Hbond substituents is 1. The van der Waals surface area contributed by atoms with Crippen LogP contribution in [0.4, 0.5) is 4.39 Å². The van der Waals surface area contributed by atoms with E-state index in [1.165, 1.54) is 36.4 Å². The summed E-state index contributed by atoms with van der Waals surface area (Å²) in [5.41, 5.74) is 0.173. The maximum Gasteiger partial charge on any atom is 0.335 e. The lowest BCUT2D eigenvalue weighted by molar-refractivity contribution is 0.0697. The first-order valence-corrected chi connectivity index (χ1v) is 6.21. The lowest BCUT2D eigenvalue weighted by atomic mass is 10.1. The van der Waals surface area contributed by atoms with Crippen LogP contribution in [-0.2, 0) is 0 Å². The summed E-state index contributed by atoms with van der Waals surface area (Å²) < 4.78 is 18.7. The first kappa shape index (κ1) is 13.7. The molecule has 7 heteroatoms. The Morgan fingerprint density at radius 2 is 1.91 bits per heavy atom. The number of benzene rings is 2. The van der Waals surface area contributed by atoms with Crippen molar-refractivity contribution in [3.8, 4) is 28.6 Å². The molecule has 0 saturated heterocycles. The molecule has 6 nitrogen and oxygen atoms in total. The molecule has 0 saturated carbocycles. The highest BCUT2D eigenvalue weighted by Gasteiger charge is 2.17. The number of hydrogen-bond donors (Lipinski definition) is 2. The van der Waals surface area contributed by atoms with Gasteiger partial charge in [0.05, 0.1) is 16.7 Å². The molecule has 0 aliphatic carbocycles. The highest BCUT2D eigenvalue weighted by molar-refractivity contribution is 5.90. The van der Waals surface area contributed by atoms with Crippen molar-refractivity contribution in [2.45, 2.75) is 0 Å². The summed E-state index contributed by atoms with van der Waals surface area (Å²) in [4.78, 5) is 15.0. The summed E-state index contributed by atoms with van der Waals surface area (Å²) in [7, 11) is 0. The highest BCUT2D eigenvalue weighted by Crippen LogP contribution is 2.30. The number of hydrogen-bond acceptors (Lipinski definition) is 5. The standard InChI is InChI=1S/C15H9FN2O4/c16-11-4-2-1-3-9(11)14-17-13(18-22-14)10-7-8(15(20)21)5-6-12(10)19/h1-7,19H,(H,20,21). The van der Waals surface area contributed by atoms with Crippen molar-refractivity contribution >= 4 is 5.97 Å². The summed E-state index contributed by atoms with van der Waals surface area (Å²) in [5.74, 6) is -1.97. The first-order valence-electron chi connectivity index (χ1n) is 6.21. The molecule has 0 aliphatic rings. The fraction of sp³-hybridized carbons (Fsp3) is 0. The van der Waals surface area contributed by atoms with Crippen LogP contribution in [0.25, 0.3) is 22.8 Å². The predicted octanol–water partition coefficient (Wildman–Crippen LogP) is 2.95. The topological polar surface area (TPSA) is 96.5 Å². The van der Waals surface area contributed by atoms with Gasteiger partial charge in [0.25, 0.3) is 5.89 Å². The lowest BCUT2D eigenvalue weighted by Crippen LogP contribution is -1.96. The Kier molecular flexibility index (Phi) is 3.30. The van der Waals surface area contributed by atoms with E-state index >= 15 is 0 Å². The van der Waals surface area contributed by atoms with Gasteiger partial charge in [0.2, 0.25) is 5.82 Å². The van der Waals surface area contributed by atoms with Gasteiger partial charge in [-0.1, -0.05) is 17.3 Å². The fourth-order valence-electron chi connectivity index (χ4n) is 1.93. The molecular formula is C15H9FN2O4. The second kappa shape index (κ2) is 5.28. The zero-order valence-corrected chi connectivity index (χ0v) is 11.0. The quantitative estimate of drug-likeness (QED) is 0.772. The van der Waals surface area contributed by atoms with Gasteiger partial charge in [-0.05, 0) is 30.3 Å². The third-order valence-electron chi connectivity index (χ3n) is 3.01. The first-order chi connectivity index (χ1) is 10.6. The van der Waals surface area contributed by atoms with E-state index in [9.17, 15) is 14.3 Å². The van der Waals surface area contributed by atoms with Crippen LogP contribution in [0.15, 0.2) is 47.0 Å². The van der Waals surface area contributed by atoms with Crippen molar-refractivity contribution in [1.82, 2.24) is 10.1 Å². The van der Waals surface area contributed by atoms with E-state index in [2.05, 4.69) is 10.1 Å². The molecule has 2 N–H and O–H groups in total. The second-order valence-corrected chi connectivity index (χ2v) is 4.44. The number of carboxylic acids is 1. The number of aromatic nitrogens is 2. The zero-order chi connectivity index (χ0) is 15.7. The molecule has 0 fully saturated rings.